The molecule has 6 fully saturated rings. The summed E-state index contributed by atoms with van der Waals surface area (Å²) < 4.78 is 109. The number of likely N-dealkylation sites (tertiary alicyclic amines) is 2. The Morgan fingerprint density at radius 3 is 1.06 bits per heavy atom. The summed E-state index contributed by atoms with van der Waals surface area (Å²) in [4.78, 5) is 68.4. The first-order valence-electron chi connectivity index (χ1n) is 42.4. The molecule has 3 aromatic heterocycles. The van der Waals surface area contributed by atoms with Crippen LogP contribution in [0, 0.1) is 73.4 Å². The van der Waals surface area contributed by atoms with E-state index in [-0.39, 0.29) is 76.8 Å². The quantitative estimate of drug-likeness (QED) is 0.0856. The Kier molecular flexibility index (Phi) is 24.8. The number of aromatic nitrogens is 9. The molecule has 29 heteroatoms. The van der Waals surface area contributed by atoms with Gasteiger partial charge in [0.05, 0.1) is 63.2 Å². The number of carboxylic acids is 1. The number of carboxylic acid groups (broad SMARTS) is 1. The molecule has 9 heterocycles. The molecule has 6 aliphatic heterocycles. The van der Waals surface area contributed by atoms with Crippen molar-refractivity contribution in [2.45, 2.75) is 208 Å². The molecule has 9 atom stereocenters. The Labute approximate surface area is 733 Å². The molecule has 0 unspecified atom stereocenters. The van der Waals surface area contributed by atoms with E-state index in [1.165, 1.54) is 41.5 Å². The number of halogens is 9. The predicted octanol–water partition coefficient (Wildman–Crippen LogP) is 18.9. The van der Waals surface area contributed by atoms with Gasteiger partial charge in [-0.3, -0.25) is 33.2 Å². The number of ketones is 1. The minimum atomic E-state index is -0.961. The lowest BCUT2D eigenvalue weighted by Crippen LogP contribution is -2.48. The Hall–Kier alpha value is -9.41. The maximum absolute atomic E-state index is 14.7. The van der Waals surface area contributed by atoms with E-state index in [0.717, 1.165) is 123 Å². The van der Waals surface area contributed by atoms with E-state index in [2.05, 4.69) is 121 Å². The second-order valence-electron chi connectivity index (χ2n) is 37.0. The van der Waals surface area contributed by atoms with Gasteiger partial charge < -0.3 is 34.4 Å². The number of carbonyl (C=O) groups excluding carboxylic acids is 3. The molecule has 2 amide bonds. The molecule has 3 aliphatic carbocycles. The zero-order valence-corrected chi connectivity index (χ0v) is 74.1. The lowest BCUT2D eigenvalue weighted by atomic mass is 9.78. The highest BCUT2D eigenvalue weighted by Crippen LogP contribution is 2.60. The Bertz CT molecular complexity index is 5460. The van der Waals surface area contributed by atoms with Gasteiger partial charge in [-0.25, -0.2) is 41.3 Å². The molecule has 0 bridgehead atoms. The van der Waals surface area contributed by atoms with Gasteiger partial charge in [0.1, 0.15) is 77.1 Å². The third-order valence-corrected chi connectivity index (χ3v) is 29.0. The minimum absolute atomic E-state index is 0.0108. The van der Waals surface area contributed by atoms with Crippen LogP contribution in [0.2, 0.25) is 15.1 Å². The lowest BCUT2D eigenvalue weighted by Gasteiger charge is -2.42. The number of nitrogens with one attached hydrogen (secondary N) is 1. The number of carbonyl (C=O) groups is 4. The first-order valence-corrected chi connectivity index (χ1v) is 43.5. The van der Waals surface area contributed by atoms with Gasteiger partial charge in [-0.1, -0.05) is 95.5 Å². The molecule has 6 aromatic carbocycles. The SMILES string of the molecule is C=C1C[C@@H](C(=O)N2CCC3(CC2)O[C@H](C(C)(C)c2ncnn2C)c2cc(C)c(Cl)cc23)[C@H](c2ccc(F)cc2F)C1.C=C1C[C@@H](C(=O)O)[C@H](c2ccc(F)cc2F)C1.Cc1cc2c(cc1Cl)C1(CCN(C(=O)[C@@H]3CC(=O)C[C@H]3c3ccc(F)cc3F)CC1)O[C@@H]2C(C)(C)c1ncnn1C.Cc1cc2c(cc1Cl)C1(CCNCC1)O[C@@H]2C(C)(C)c1ncnn1C. The van der Waals surface area contributed by atoms with E-state index in [1.54, 1.807) is 33.2 Å². The third kappa shape index (κ3) is 16.6. The largest absolute Gasteiger partial charge is 0.481 e. The monoisotopic (exact) mass is 1760 g/mol. The molecule has 3 saturated carbocycles. The molecule has 20 nitrogen and oxygen atoms in total. The van der Waals surface area contributed by atoms with Crippen molar-refractivity contribution >= 4 is 58.4 Å². The van der Waals surface area contributed by atoms with Crippen LogP contribution in [0.1, 0.15) is 239 Å². The van der Waals surface area contributed by atoms with Crippen LogP contribution in [-0.4, -0.2) is 122 Å². The summed E-state index contributed by atoms with van der Waals surface area (Å²) in [5, 5.41) is 27.5. The number of hydrogen-bond acceptors (Lipinski definition) is 14. The summed E-state index contributed by atoms with van der Waals surface area (Å²) in [5.41, 5.74) is 9.60. The molecular weight excluding hydrogens is 1660 g/mol. The van der Waals surface area contributed by atoms with Crippen molar-refractivity contribution in [1.82, 2.24) is 59.4 Å². The normalized spacial score (nSPS) is 23.6. The number of aliphatic carboxylic acids is 1. The summed E-state index contributed by atoms with van der Waals surface area (Å²) in [5.74, 6) is -5.82. The highest BCUT2D eigenvalue weighted by Gasteiger charge is 2.58. The highest BCUT2D eigenvalue weighted by molar-refractivity contribution is 6.32. The van der Waals surface area contributed by atoms with E-state index in [9.17, 15) is 45.5 Å². The summed E-state index contributed by atoms with van der Waals surface area (Å²) in [6.45, 7) is 30.5. The number of nitrogens with zero attached hydrogens (tertiary/aromatic N) is 11. The van der Waals surface area contributed by atoms with Crippen molar-refractivity contribution in [2.75, 3.05) is 39.3 Å². The van der Waals surface area contributed by atoms with Crippen LogP contribution in [0.25, 0.3) is 0 Å². The number of rotatable bonds is 12. The first kappa shape index (κ1) is 89.4. The van der Waals surface area contributed by atoms with Crippen LogP contribution in [-0.2, 0) is 87.6 Å². The van der Waals surface area contributed by atoms with E-state index in [4.69, 9.17) is 54.1 Å². The fourth-order valence-electron chi connectivity index (χ4n) is 21.2. The zero-order valence-electron chi connectivity index (χ0n) is 71.9. The zero-order chi connectivity index (χ0) is 88.9. The van der Waals surface area contributed by atoms with Crippen molar-refractivity contribution < 1.29 is 64.8 Å². The summed E-state index contributed by atoms with van der Waals surface area (Å²) in [6, 6.07) is 22.8. The standard InChI is InChI=1S/C32H35ClF2N4O2.C31H33ClF2N4O3.C19H25ClN4O.C13H12F2O2/c1-18-12-22(21-7-6-20(34)15-27(21)35)23(13-18)29(40)39-10-8-32(9-11-39)25-16-26(33)19(2)14-24(25)28(41-32)31(3,4)30-36-17-37-38(30)5;1-17-11-23-24(15-25(17)32)31(41-27(23)30(2,3)29-35-16-36-37(29)4)7-9-38(10-8-31)28(40)22-14-19(39)13-21(22)20-6-5-18(33)12-26(20)34;1-12-9-13-14(10-15(12)20)19(5-7-21-8-6-19)25-16(13)18(2,3)17-22-11-23-24(17)4;1-7-4-10(11(5-7)13(16)17)9-3-2-8(14)6-12(9)15/h6-7,14-17,22-23,28H,1,8-13H2,2-5H3;5-6,11-12,15-16,21-22,27H,7-10,13-14H2,1-4H3;9-11,16,21H,5-8H2,1-4H3;2-3,6,10-11H,1,4-5H2,(H,16,17)/t22-,23+,28-;21-,22+,27-;16-;10-,11+/m0000/s1. The van der Waals surface area contributed by atoms with Gasteiger partial charge in [-0.15, -0.1) is 0 Å². The number of amides is 2. The lowest BCUT2D eigenvalue weighted by molar-refractivity contribution is -0.152. The number of aryl methyl sites for hydroxylation is 6. The molecular formula is C95H105Cl3F6N12O8. The Balaban J connectivity index is 0.000000135. The van der Waals surface area contributed by atoms with Gasteiger partial charge in [-0.05, 0) is 243 Å². The van der Waals surface area contributed by atoms with Crippen LogP contribution >= 0.6 is 34.8 Å². The first-order chi connectivity index (χ1) is 58.7. The molecule has 3 spiro atoms. The van der Waals surface area contributed by atoms with Crippen molar-refractivity contribution in [1.29, 1.82) is 0 Å². The minimum Gasteiger partial charge on any atom is -0.481 e. The predicted molar refractivity (Wildman–Crippen MR) is 457 cm³/mol. The maximum Gasteiger partial charge on any atom is 0.307 e. The molecule has 18 rings (SSSR count). The highest BCUT2D eigenvalue weighted by atomic mass is 35.5. The van der Waals surface area contributed by atoms with Crippen molar-refractivity contribution in [3.63, 3.8) is 0 Å². The molecule has 9 aromatic rings. The average molecular weight is 1760 g/mol. The summed E-state index contributed by atoms with van der Waals surface area (Å²) in [7, 11) is 5.69. The molecule has 9 aliphatic rings. The third-order valence-electron chi connectivity index (χ3n) is 27.8. The van der Waals surface area contributed by atoms with Crippen LogP contribution in [0.3, 0.4) is 0 Å². The van der Waals surface area contributed by atoms with Crippen LogP contribution < -0.4 is 5.32 Å². The van der Waals surface area contributed by atoms with Crippen molar-refractivity contribution in [3.8, 4) is 0 Å². The van der Waals surface area contributed by atoms with Gasteiger partial charge in [-0.2, -0.15) is 15.3 Å². The maximum atomic E-state index is 14.7. The van der Waals surface area contributed by atoms with E-state index in [1.807, 2.05) is 56.7 Å². The molecule has 124 heavy (non-hydrogen) atoms. The number of benzene rings is 6. The summed E-state index contributed by atoms with van der Waals surface area (Å²) in [6.07, 6.45) is 10.3. The van der Waals surface area contributed by atoms with Crippen molar-refractivity contribution in [2.24, 2.45) is 38.9 Å². The van der Waals surface area contributed by atoms with Gasteiger partial charge in [0, 0.05) is 117 Å². The van der Waals surface area contributed by atoms with Gasteiger partial charge in [0.15, 0.2) is 0 Å². The van der Waals surface area contributed by atoms with Crippen LogP contribution in [0.4, 0.5) is 26.3 Å². The molecule has 3 saturated heterocycles. The fraction of sp³-hybridized carbons (Fsp3) is 0.474. The number of fused-ring (bicyclic) bond motifs is 6. The molecule has 2 N–H and O–H groups in total. The van der Waals surface area contributed by atoms with Gasteiger partial charge in [0.25, 0.3) is 0 Å². The molecule has 0 radical (unpaired) electrons. The van der Waals surface area contributed by atoms with Gasteiger partial charge in [0.2, 0.25) is 11.8 Å². The number of Topliss-reactive ketones (excluding diaryl/α,β-unsaturated/α-hetero) is 1. The Morgan fingerprint density at radius 2 is 0.750 bits per heavy atom. The van der Waals surface area contributed by atoms with Crippen LogP contribution in [0.15, 0.2) is 134 Å². The van der Waals surface area contributed by atoms with E-state index in [0.29, 0.717) is 93.2 Å². The Morgan fingerprint density at radius 1 is 0.444 bits per heavy atom. The number of ether oxygens (including phenoxy) is 3. The smallest absolute Gasteiger partial charge is 0.307 e. The molecule has 656 valence electrons. The topological polar surface area (TPSA) is 227 Å². The van der Waals surface area contributed by atoms with Crippen molar-refractivity contribution in [3.05, 3.63) is 268 Å². The second kappa shape index (κ2) is 34.4. The number of piperidine rings is 3. The van der Waals surface area contributed by atoms with Gasteiger partial charge >= 0.3 is 5.97 Å². The van der Waals surface area contributed by atoms with E-state index >= 15 is 0 Å². The van der Waals surface area contributed by atoms with E-state index < -0.39 is 92.5 Å². The summed E-state index contributed by atoms with van der Waals surface area (Å²) >= 11 is 19.8. The van der Waals surface area contributed by atoms with Crippen LogP contribution in [0.5, 0.6) is 0 Å². The average Bonchev–Trinajstić information content (AvgIpc) is 1.57. The number of allylic oxidation sites excluding steroid dienone is 2. The second-order valence-corrected chi connectivity index (χ2v) is 38.2. The number of hydrogen-bond donors (Lipinski definition) is 2. The fourth-order valence-corrected chi connectivity index (χ4v) is 21.7.